The van der Waals surface area contributed by atoms with Gasteiger partial charge in [-0.3, -0.25) is 9.59 Å². The molecule has 0 aromatic carbocycles. The minimum atomic E-state index is -0.977. The molecule has 1 heterocycles. The van der Waals surface area contributed by atoms with Crippen molar-refractivity contribution in [1.82, 2.24) is 9.88 Å². The second-order valence-electron chi connectivity index (χ2n) is 3.80. The lowest BCUT2D eigenvalue weighted by molar-refractivity contribution is -0.141. The zero-order chi connectivity index (χ0) is 13.0. The maximum Gasteiger partial charge on any atom is 0.308 e. The number of hydrogen-bond acceptors (Lipinski definition) is 4. The minimum Gasteiger partial charge on any atom is -0.505 e. The predicted molar refractivity (Wildman–Crippen MR) is 59.7 cm³/mol. The summed E-state index contributed by atoms with van der Waals surface area (Å²) in [4.78, 5) is 27.5. The first kappa shape index (κ1) is 13.0. The molecule has 0 aliphatic heterocycles. The molecule has 0 bridgehead atoms. The molecule has 0 radical (unpaired) electrons. The van der Waals surface area contributed by atoms with Gasteiger partial charge in [-0.2, -0.15) is 0 Å². The highest BCUT2D eigenvalue weighted by Gasteiger charge is 2.21. The number of aromatic hydroxyl groups is 1. The standard InChI is InChI=1S/C11H14N2O4/c1-7(11(16)17)6-13(2)10(15)9-8(14)4-3-5-12-9/h3-5,7,14H,6H2,1-2H3,(H,16,17). The van der Waals surface area contributed by atoms with Gasteiger partial charge in [-0.05, 0) is 12.1 Å². The average Bonchev–Trinajstić information content (AvgIpc) is 2.28. The smallest absolute Gasteiger partial charge is 0.308 e. The lowest BCUT2D eigenvalue weighted by atomic mass is 10.1. The summed E-state index contributed by atoms with van der Waals surface area (Å²) >= 11 is 0. The summed E-state index contributed by atoms with van der Waals surface area (Å²) in [5, 5.41) is 18.2. The molecule has 0 fully saturated rings. The summed E-state index contributed by atoms with van der Waals surface area (Å²) < 4.78 is 0. The van der Waals surface area contributed by atoms with Gasteiger partial charge >= 0.3 is 5.97 Å². The number of aromatic nitrogens is 1. The first-order chi connectivity index (χ1) is 7.93. The maximum absolute atomic E-state index is 11.8. The van der Waals surface area contributed by atoms with Crippen LogP contribution in [0.15, 0.2) is 18.3 Å². The van der Waals surface area contributed by atoms with Crippen LogP contribution in [-0.2, 0) is 4.79 Å². The van der Waals surface area contributed by atoms with E-state index in [1.165, 1.54) is 37.2 Å². The van der Waals surface area contributed by atoms with Gasteiger partial charge in [0.05, 0.1) is 5.92 Å². The van der Waals surface area contributed by atoms with Gasteiger partial charge in [0, 0.05) is 19.8 Å². The van der Waals surface area contributed by atoms with Gasteiger partial charge in [-0.15, -0.1) is 0 Å². The Morgan fingerprint density at radius 1 is 1.53 bits per heavy atom. The van der Waals surface area contributed by atoms with Crippen molar-refractivity contribution < 1.29 is 19.8 Å². The molecule has 6 heteroatoms. The Morgan fingerprint density at radius 2 is 2.18 bits per heavy atom. The molecule has 0 aliphatic carbocycles. The number of carboxylic acids is 1. The predicted octanol–water partition coefficient (Wildman–Crippen LogP) is 0.580. The van der Waals surface area contributed by atoms with E-state index in [-0.39, 0.29) is 18.0 Å². The van der Waals surface area contributed by atoms with Crippen LogP contribution in [-0.4, -0.2) is 45.6 Å². The van der Waals surface area contributed by atoms with Crippen LogP contribution in [0.1, 0.15) is 17.4 Å². The number of amides is 1. The van der Waals surface area contributed by atoms with Gasteiger partial charge in [-0.1, -0.05) is 6.92 Å². The number of rotatable bonds is 4. The number of hydrogen-bond donors (Lipinski definition) is 2. The molecule has 2 N–H and O–H groups in total. The van der Waals surface area contributed by atoms with Crippen molar-refractivity contribution in [3.8, 4) is 5.75 Å². The topological polar surface area (TPSA) is 90.7 Å². The second-order valence-corrected chi connectivity index (χ2v) is 3.80. The van der Waals surface area contributed by atoms with Gasteiger partial charge in [0.2, 0.25) is 0 Å². The zero-order valence-electron chi connectivity index (χ0n) is 9.62. The second kappa shape index (κ2) is 5.29. The van der Waals surface area contributed by atoms with Crippen molar-refractivity contribution in [2.45, 2.75) is 6.92 Å². The summed E-state index contributed by atoms with van der Waals surface area (Å²) in [5.41, 5.74) is -0.0763. The maximum atomic E-state index is 11.8. The fourth-order valence-corrected chi connectivity index (χ4v) is 1.31. The molecule has 1 unspecified atom stereocenters. The highest BCUT2D eigenvalue weighted by atomic mass is 16.4. The number of pyridine rings is 1. The monoisotopic (exact) mass is 238 g/mol. The molecule has 92 valence electrons. The van der Waals surface area contributed by atoms with Crippen LogP contribution in [0.5, 0.6) is 5.75 Å². The quantitative estimate of drug-likeness (QED) is 0.800. The van der Waals surface area contributed by atoms with Gasteiger partial charge in [0.1, 0.15) is 5.75 Å². The molecule has 1 aromatic heterocycles. The van der Waals surface area contributed by atoms with Crippen LogP contribution in [0.4, 0.5) is 0 Å². The number of aliphatic carboxylic acids is 1. The number of carbonyl (C=O) groups excluding carboxylic acids is 1. The third-order valence-electron chi connectivity index (χ3n) is 2.30. The molecule has 1 rings (SSSR count). The van der Waals surface area contributed by atoms with Gasteiger partial charge < -0.3 is 15.1 Å². The normalized spacial score (nSPS) is 11.9. The van der Waals surface area contributed by atoms with Crippen molar-refractivity contribution in [3.63, 3.8) is 0 Å². The fourth-order valence-electron chi connectivity index (χ4n) is 1.31. The first-order valence-corrected chi connectivity index (χ1v) is 5.05. The third-order valence-corrected chi connectivity index (χ3v) is 2.30. The summed E-state index contributed by atoms with van der Waals surface area (Å²) in [7, 11) is 1.47. The summed E-state index contributed by atoms with van der Waals surface area (Å²) in [6.07, 6.45) is 1.39. The van der Waals surface area contributed by atoms with Crippen molar-refractivity contribution in [3.05, 3.63) is 24.0 Å². The van der Waals surface area contributed by atoms with Crippen LogP contribution in [0.3, 0.4) is 0 Å². The Kier molecular flexibility index (Phi) is 4.03. The molecule has 6 nitrogen and oxygen atoms in total. The van der Waals surface area contributed by atoms with Crippen LogP contribution >= 0.6 is 0 Å². The lowest BCUT2D eigenvalue weighted by Crippen LogP contribution is -2.34. The van der Waals surface area contributed by atoms with Crippen molar-refractivity contribution in [2.75, 3.05) is 13.6 Å². The third kappa shape index (κ3) is 3.17. The molecule has 0 saturated heterocycles. The molecule has 1 amide bonds. The van der Waals surface area contributed by atoms with Crippen LogP contribution in [0.2, 0.25) is 0 Å². The Morgan fingerprint density at radius 3 is 2.71 bits per heavy atom. The van der Waals surface area contributed by atoms with E-state index in [1.54, 1.807) is 0 Å². The van der Waals surface area contributed by atoms with Gasteiger partial charge in [-0.25, -0.2) is 4.98 Å². The number of carbonyl (C=O) groups is 2. The Bertz CT molecular complexity index is 433. The van der Waals surface area contributed by atoms with Crippen molar-refractivity contribution >= 4 is 11.9 Å². The van der Waals surface area contributed by atoms with Gasteiger partial charge in [0.25, 0.3) is 5.91 Å². The fraction of sp³-hybridized carbons (Fsp3) is 0.364. The molecular formula is C11H14N2O4. The van der Waals surface area contributed by atoms with E-state index in [9.17, 15) is 14.7 Å². The first-order valence-electron chi connectivity index (χ1n) is 5.05. The van der Waals surface area contributed by atoms with Crippen LogP contribution in [0.25, 0.3) is 0 Å². The largest absolute Gasteiger partial charge is 0.505 e. The molecule has 17 heavy (non-hydrogen) atoms. The Hall–Kier alpha value is -2.11. The van der Waals surface area contributed by atoms with Crippen LogP contribution < -0.4 is 0 Å². The van der Waals surface area contributed by atoms with E-state index in [0.717, 1.165) is 0 Å². The van der Waals surface area contributed by atoms with E-state index >= 15 is 0 Å². The van der Waals surface area contributed by atoms with E-state index in [0.29, 0.717) is 0 Å². The summed E-state index contributed by atoms with van der Waals surface area (Å²) in [6, 6.07) is 2.86. The number of carboxylic acid groups (broad SMARTS) is 1. The SMILES string of the molecule is CC(CN(C)C(=O)c1ncccc1O)C(=O)O. The lowest BCUT2D eigenvalue weighted by Gasteiger charge is -2.19. The minimum absolute atomic E-state index is 0.0597. The van der Waals surface area contributed by atoms with E-state index < -0.39 is 17.8 Å². The van der Waals surface area contributed by atoms with Gasteiger partial charge in [0.15, 0.2) is 5.69 Å². The van der Waals surface area contributed by atoms with E-state index in [1.807, 2.05) is 0 Å². The molecule has 0 spiro atoms. The van der Waals surface area contributed by atoms with Crippen molar-refractivity contribution in [2.24, 2.45) is 5.92 Å². The molecule has 0 saturated carbocycles. The molecule has 1 atom stereocenters. The van der Waals surface area contributed by atoms with Crippen molar-refractivity contribution in [1.29, 1.82) is 0 Å². The highest BCUT2D eigenvalue weighted by molar-refractivity contribution is 5.94. The molecule has 1 aromatic rings. The Labute approximate surface area is 98.5 Å². The van der Waals surface area contributed by atoms with E-state index in [2.05, 4.69) is 4.98 Å². The molecular weight excluding hydrogens is 224 g/mol. The number of nitrogens with zero attached hydrogens (tertiary/aromatic N) is 2. The highest BCUT2D eigenvalue weighted by Crippen LogP contribution is 2.15. The Balaban J connectivity index is 2.77. The zero-order valence-corrected chi connectivity index (χ0v) is 9.62. The molecule has 0 aliphatic rings. The summed E-state index contributed by atoms with van der Waals surface area (Å²) in [5.74, 6) is -2.37. The summed E-state index contributed by atoms with van der Waals surface area (Å²) in [6.45, 7) is 1.56. The average molecular weight is 238 g/mol. The van der Waals surface area contributed by atoms with Crippen LogP contribution in [0, 0.1) is 5.92 Å². The van der Waals surface area contributed by atoms with E-state index in [4.69, 9.17) is 5.11 Å².